The second kappa shape index (κ2) is 8.90. The first kappa shape index (κ1) is 22.3. The topological polar surface area (TPSA) is 67.9 Å². The van der Waals surface area contributed by atoms with E-state index in [1.54, 1.807) is 24.3 Å². The maximum absolute atomic E-state index is 14.9. The fourth-order valence-corrected chi connectivity index (χ4v) is 4.19. The van der Waals surface area contributed by atoms with Gasteiger partial charge in [0.25, 0.3) is 5.91 Å². The van der Waals surface area contributed by atoms with Gasteiger partial charge in [0.2, 0.25) is 5.91 Å². The Hall–Kier alpha value is -3.94. The Morgan fingerprint density at radius 2 is 1.58 bits per heavy atom. The predicted octanol–water partition coefficient (Wildman–Crippen LogP) is 4.53. The quantitative estimate of drug-likeness (QED) is 0.618. The van der Waals surface area contributed by atoms with Crippen molar-refractivity contribution < 1.29 is 27.8 Å². The van der Waals surface area contributed by atoms with Gasteiger partial charge in [0.15, 0.2) is 11.5 Å². The number of likely N-dealkylation sites (N-methyl/N-ethyl adjacent to an activating group) is 1. The summed E-state index contributed by atoms with van der Waals surface area (Å²) in [6.07, 6.45) is 0. The van der Waals surface area contributed by atoms with Gasteiger partial charge in [-0.05, 0) is 48.0 Å². The van der Waals surface area contributed by atoms with E-state index in [-0.39, 0.29) is 17.0 Å². The van der Waals surface area contributed by atoms with Crippen LogP contribution in [-0.4, -0.2) is 38.0 Å². The molecule has 0 aromatic heterocycles. The van der Waals surface area contributed by atoms with E-state index < -0.39 is 29.5 Å². The van der Waals surface area contributed by atoms with Gasteiger partial charge in [0.1, 0.15) is 11.6 Å². The highest BCUT2D eigenvalue weighted by Crippen LogP contribution is 2.46. The molecule has 2 atom stereocenters. The third-order valence-electron chi connectivity index (χ3n) is 5.79. The van der Waals surface area contributed by atoms with Gasteiger partial charge in [0, 0.05) is 23.9 Å². The number of nitrogens with one attached hydrogen (secondary N) is 1. The summed E-state index contributed by atoms with van der Waals surface area (Å²) in [5, 5.41) is 2.76. The Bertz CT molecular complexity index is 1210. The second-order valence-corrected chi connectivity index (χ2v) is 7.65. The number of fused-ring (bicyclic) bond motifs is 1. The van der Waals surface area contributed by atoms with Crippen LogP contribution in [-0.2, 0) is 4.79 Å². The number of carbonyl (C=O) groups excluding carboxylic acids is 2. The zero-order valence-corrected chi connectivity index (χ0v) is 18.3. The molecule has 0 radical (unpaired) electrons. The van der Waals surface area contributed by atoms with Crippen molar-refractivity contribution >= 4 is 17.5 Å². The first-order valence-electron chi connectivity index (χ1n) is 10.2. The van der Waals surface area contributed by atoms with Gasteiger partial charge in [-0.3, -0.25) is 9.59 Å². The molecule has 0 bridgehead atoms. The molecule has 0 fully saturated rings. The van der Waals surface area contributed by atoms with Gasteiger partial charge < -0.3 is 19.7 Å². The number of rotatable bonds is 5. The minimum Gasteiger partial charge on any atom is -0.493 e. The lowest BCUT2D eigenvalue weighted by molar-refractivity contribution is -0.119. The monoisotopic (exact) mass is 452 g/mol. The summed E-state index contributed by atoms with van der Waals surface area (Å²) in [4.78, 5) is 28.2. The predicted molar refractivity (Wildman–Crippen MR) is 119 cm³/mol. The number of nitrogens with zero attached hydrogens (tertiary/aromatic N) is 1. The highest BCUT2D eigenvalue weighted by molar-refractivity contribution is 6.04. The van der Waals surface area contributed by atoms with Gasteiger partial charge in [-0.15, -0.1) is 0 Å². The molecule has 33 heavy (non-hydrogen) atoms. The lowest BCUT2D eigenvalue weighted by Gasteiger charge is -2.40. The first-order chi connectivity index (χ1) is 15.8. The average molecular weight is 452 g/mol. The number of hydrogen-bond donors (Lipinski definition) is 1. The van der Waals surface area contributed by atoms with Gasteiger partial charge in [-0.1, -0.05) is 18.2 Å². The van der Waals surface area contributed by atoms with Crippen LogP contribution in [0.3, 0.4) is 0 Å². The highest BCUT2D eigenvalue weighted by atomic mass is 19.1. The first-order valence-corrected chi connectivity index (χ1v) is 10.2. The number of methoxy groups -OCH3 is 2. The van der Waals surface area contributed by atoms with Crippen molar-refractivity contribution in [2.24, 2.45) is 0 Å². The van der Waals surface area contributed by atoms with Gasteiger partial charge in [0.05, 0.1) is 26.2 Å². The number of anilines is 1. The molecule has 170 valence electrons. The number of benzene rings is 3. The van der Waals surface area contributed by atoms with Crippen molar-refractivity contribution in [3.05, 3.63) is 89.0 Å². The average Bonchev–Trinajstić information content (AvgIpc) is 2.82. The van der Waals surface area contributed by atoms with Gasteiger partial charge >= 0.3 is 0 Å². The zero-order chi connectivity index (χ0) is 23.7. The fraction of sp³-hybridized carbons (Fsp3) is 0.200. The Morgan fingerprint density at radius 1 is 0.939 bits per heavy atom. The van der Waals surface area contributed by atoms with Crippen molar-refractivity contribution in [3.63, 3.8) is 0 Å². The zero-order valence-electron chi connectivity index (χ0n) is 18.3. The number of ether oxygens (including phenoxy) is 2. The van der Waals surface area contributed by atoms with Gasteiger partial charge in [-0.2, -0.15) is 0 Å². The molecule has 1 N–H and O–H groups in total. The van der Waals surface area contributed by atoms with E-state index in [0.29, 0.717) is 22.7 Å². The maximum atomic E-state index is 14.9. The van der Waals surface area contributed by atoms with Crippen LogP contribution < -0.4 is 14.8 Å². The number of amides is 2. The van der Waals surface area contributed by atoms with Crippen molar-refractivity contribution in [2.45, 2.75) is 12.0 Å². The second-order valence-electron chi connectivity index (χ2n) is 7.65. The smallest absolute Gasteiger partial charge is 0.254 e. The molecule has 0 aliphatic carbocycles. The van der Waals surface area contributed by atoms with Crippen LogP contribution >= 0.6 is 0 Å². The summed E-state index contributed by atoms with van der Waals surface area (Å²) in [6, 6.07) is 13.5. The van der Waals surface area contributed by atoms with Crippen LogP contribution in [0.4, 0.5) is 14.5 Å². The van der Waals surface area contributed by atoms with Crippen molar-refractivity contribution in [2.75, 3.05) is 26.6 Å². The largest absolute Gasteiger partial charge is 0.493 e. The summed E-state index contributed by atoms with van der Waals surface area (Å²) in [5.41, 5.74) is 1.20. The fourth-order valence-electron chi connectivity index (χ4n) is 4.19. The molecule has 3 aromatic carbocycles. The molecule has 1 heterocycles. The Balaban J connectivity index is 1.89. The highest BCUT2D eigenvalue weighted by Gasteiger charge is 2.44. The summed E-state index contributed by atoms with van der Waals surface area (Å²) >= 11 is 0. The lowest BCUT2D eigenvalue weighted by atomic mass is 9.79. The van der Waals surface area contributed by atoms with E-state index in [9.17, 15) is 18.4 Å². The van der Waals surface area contributed by atoms with Gasteiger partial charge in [-0.25, -0.2) is 8.78 Å². The SMILES string of the molecule is COc1cc2c(cc1OC)[C@H](C(=O)Nc1ccc(F)cc1)[C@H](c1ccccc1F)N(C)C2=O. The Labute approximate surface area is 189 Å². The van der Waals surface area contributed by atoms with Crippen LogP contribution in [0.1, 0.15) is 33.4 Å². The number of carbonyl (C=O) groups is 2. The Morgan fingerprint density at radius 3 is 2.21 bits per heavy atom. The number of hydrogen-bond acceptors (Lipinski definition) is 4. The van der Waals surface area contributed by atoms with E-state index in [0.717, 1.165) is 0 Å². The van der Waals surface area contributed by atoms with Crippen molar-refractivity contribution in [1.82, 2.24) is 4.90 Å². The molecule has 3 aromatic rings. The van der Waals surface area contributed by atoms with E-state index >= 15 is 0 Å². The molecule has 2 amide bonds. The minimum absolute atomic E-state index is 0.202. The molecule has 0 saturated carbocycles. The molecule has 8 heteroatoms. The van der Waals surface area contributed by atoms with Crippen LogP contribution in [0.25, 0.3) is 0 Å². The third-order valence-corrected chi connectivity index (χ3v) is 5.79. The standard InChI is InChI=1S/C25H22F2N2O4/c1-29-23(16-6-4-5-7-19(16)27)22(24(30)28-15-10-8-14(26)9-11-15)17-12-20(32-2)21(33-3)13-18(17)25(29)31/h4-13,22-23H,1-3H3,(H,28,30)/t22-,23-/m0/s1. The molecule has 0 unspecified atom stereocenters. The lowest BCUT2D eigenvalue weighted by Crippen LogP contribution is -2.44. The molecule has 6 nitrogen and oxygen atoms in total. The summed E-state index contributed by atoms with van der Waals surface area (Å²) in [5.74, 6) is -2.16. The van der Waals surface area contributed by atoms with Crippen molar-refractivity contribution in [1.29, 1.82) is 0 Å². The number of halogens is 2. The van der Waals surface area contributed by atoms with E-state index in [1.807, 2.05) is 0 Å². The normalized spacial score (nSPS) is 17.4. The molecule has 1 aliphatic heterocycles. The molecule has 0 saturated heterocycles. The molecular weight excluding hydrogens is 430 g/mol. The van der Waals surface area contributed by atoms with Crippen LogP contribution in [0, 0.1) is 11.6 Å². The van der Waals surface area contributed by atoms with Crippen LogP contribution in [0.15, 0.2) is 60.7 Å². The van der Waals surface area contributed by atoms with Crippen LogP contribution in [0.5, 0.6) is 11.5 Å². The minimum atomic E-state index is -0.982. The maximum Gasteiger partial charge on any atom is 0.254 e. The van der Waals surface area contributed by atoms with Crippen molar-refractivity contribution in [3.8, 4) is 11.5 Å². The van der Waals surface area contributed by atoms with E-state index in [4.69, 9.17) is 9.47 Å². The molecule has 0 spiro atoms. The van der Waals surface area contributed by atoms with Crippen LogP contribution in [0.2, 0.25) is 0 Å². The summed E-state index contributed by atoms with van der Waals surface area (Å²) in [6.45, 7) is 0. The molecular formula is C25H22F2N2O4. The Kier molecular flexibility index (Phi) is 6.00. The summed E-state index contributed by atoms with van der Waals surface area (Å²) < 4.78 is 38.9. The molecule has 1 aliphatic rings. The molecule has 4 rings (SSSR count). The van der Waals surface area contributed by atoms with E-state index in [2.05, 4.69) is 5.32 Å². The summed E-state index contributed by atoms with van der Waals surface area (Å²) in [7, 11) is 4.42. The third kappa shape index (κ3) is 4.00. The van der Waals surface area contributed by atoms with E-state index in [1.165, 1.54) is 62.6 Å².